The van der Waals surface area contributed by atoms with Gasteiger partial charge in [0.15, 0.2) is 0 Å². The zero-order valence-electron chi connectivity index (χ0n) is 10.1. The lowest BCUT2D eigenvalue weighted by Gasteiger charge is -2.16. The number of benzene rings is 1. The monoisotopic (exact) mass is 235 g/mol. The zero-order chi connectivity index (χ0) is 12.3. The van der Waals surface area contributed by atoms with Gasteiger partial charge >= 0.3 is 5.97 Å². The Morgan fingerprint density at radius 1 is 1.29 bits per heavy atom. The Hall–Kier alpha value is -1.55. The Balaban J connectivity index is 2.12. The Morgan fingerprint density at radius 3 is 2.76 bits per heavy atom. The molecule has 2 rings (SSSR count). The predicted molar refractivity (Wildman–Crippen MR) is 63.9 cm³/mol. The molecule has 2 unspecified atom stereocenters. The van der Waals surface area contributed by atoms with E-state index in [0.717, 1.165) is 24.2 Å². The summed E-state index contributed by atoms with van der Waals surface area (Å²) in [5.41, 5.74) is 1.10. The molecule has 1 aromatic rings. The topological polar surface area (TPSA) is 47.6 Å². The summed E-state index contributed by atoms with van der Waals surface area (Å²) >= 11 is 0. The lowest BCUT2D eigenvalue weighted by molar-refractivity contribution is -0.142. The summed E-state index contributed by atoms with van der Waals surface area (Å²) in [6.45, 7) is 0. The van der Waals surface area contributed by atoms with Gasteiger partial charge in [0.05, 0.1) is 14.2 Å². The minimum Gasteiger partial charge on any atom is -0.496 e. The van der Waals surface area contributed by atoms with Crippen molar-refractivity contribution in [3.8, 4) is 5.75 Å². The Labute approximate surface area is 101 Å². The number of carbonyl (C=O) groups is 1. The average Bonchev–Trinajstić information content (AvgIpc) is 2.87. The standard InChI is InChI=1S/C13H17NO3/c1-16-12-6-4-3-5-9(12)10-7-8-11(14-10)13(15)17-2/h3-6,10-11,14H,7-8H2,1-2H3. The summed E-state index contributed by atoms with van der Waals surface area (Å²) in [5, 5.41) is 3.28. The first kappa shape index (κ1) is 11.9. The highest BCUT2D eigenvalue weighted by Crippen LogP contribution is 2.32. The van der Waals surface area contributed by atoms with Crippen molar-refractivity contribution in [3.63, 3.8) is 0 Å². The van der Waals surface area contributed by atoms with Gasteiger partial charge in [0.25, 0.3) is 0 Å². The molecule has 0 aliphatic carbocycles. The van der Waals surface area contributed by atoms with E-state index in [4.69, 9.17) is 9.47 Å². The Kier molecular flexibility index (Phi) is 3.64. The average molecular weight is 235 g/mol. The molecule has 17 heavy (non-hydrogen) atoms. The molecule has 0 saturated carbocycles. The molecule has 0 bridgehead atoms. The third-order valence-corrected chi connectivity index (χ3v) is 3.15. The SMILES string of the molecule is COC(=O)C1CCC(c2ccccc2OC)N1. The van der Waals surface area contributed by atoms with Crippen LogP contribution < -0.4 is 10.1 Å². The van der Waals surface area contributed by atoms with Gasteiger partial charge in [-0.1, -0.05) is 18.2 Å². The van der Waals surface area contributed by atoms with Crippen LogP contribution in [0.4, 0.5) is 0 Å². The van der Waals surface area contributed by atoms with Crippen molar-refractivity contribution in [1.29, 1.82) is 0 Å². The molecule has 1 heterocycles. The second-order valence-corrected chi connectivity index (χ2v) is 4.11. The number of rotatable bonds is 3. The van der Waals surface area contributed by atoms with Crippen LogP contribution >= 0.6 is 0 Å². The van der Waals surface area contributed by atoms with Gasteiger partial charge in [-0.15, -0.1) is 0 Å². The molecule has 92 valence electrons. The van der Waals surface area contributed by atoms with Gasteiger partial charge in [0.1, 0.15) is 11.8 Å². The van der Waals surface area contributed by atoms with Crippen LogP contribution in [-0.4, -0.2) is 26.2 Å². The highest BCUT2D eigenvalue weighted by molar-refractivity contribution is 5.76. The molecule has 0 aromatic heterocycles. The highest BCUT2D eigenvalue weighted by atomic mass is 16.5. The molecule has 0 amide bonds. The molecular weight excluding hydrogens is 218 g/mol. The number of hydrogen-bond donors (Lipinski definition) is 1. The van der Waals surface area contributed by atoms with Gasteiger partial charge < -0.3 is 9.47 Å². The number of hydrogen-bond acceptors (Lipinski definition) is 4. The zero-order valence-corrected chi connectivity index (χ0v) is 10.1. The fourth-order valence-electron chi connectivity index (χ4n) is 2.27. The van der Waals surface area contributed by atoms with E-state index in [0.29, 0.717) is 0 Å². The largest absolute Gasteiger partial charge is 0.496 e. The summed E-state index contributed by atoms with van der Waals surface area (Å²) in [5.74, 6) is 0.665. The van der Waals surface area contributed by atoms with Crippen molar-refractivity contribution in [1.82, 2.24) is 5.32 Å². The van der Waals surface area contributed by atoms with Crippen LogP contribution in [-0.2, 0) is 9.53 Å². The van der Waals surface area contributed by atoms with Crippen molar-refractivity contribution in [2.45, 2.75) is 24.9 Å². The van der Waals surface area contributed by atoms with Crippen LogP contribution in [0.2, 0.25) is 0 Å². The summed E-state index contributed by atoms with van der Waals surface area (Å²) in [6, 6.07) is 7.84. The minimum atomic E-state index is -0.199. The van der Waals surface area contributed by atoms with Crippen molar-refractivity contribution in [2.24, 2.45) is 0 Å². The van der Waals surface area contributed by atoms with Gasteiger partial charge in [-0.2, -0.15) is 0 Å². The summed E-state index contributed by atoms with van der Waals surface area (Å²) in [4.78, 5) is 11.4. The van der Waals surface area contributed by atoms with Crippen LogP contribution in [0.1, 0.15) is 24.4 Å². The van der Waals surface area contributed by atoms with Gasteiger partial charge in [0.2, 0.25) is 0 Å². The molecule has 1 aliphatic heterocycles. The fraction of sp³-hybridized carbons (Fsp3) is 0.462. The Morgan fingerprint density at radius 2 is 2.06 bits per heavy atom. The molecule has 2 atom stereocenters. The molecule has 4 heteroatoms. The van der Waals surface area contributed by atoms with E-state index in [2.05, 4.69) is 5.32 Å². The number of para-hydroxylation sites is 1. The smallest absolute Gasteiger partial charge is 0.322 e. The summed E-state index contributed by atoms with van der Waals surface area (Å²) in [6.07, 6.45) is 1.72. The van der Waals surface area contributed by atoms with Gasteiger partial charge in [-0.25, -0.2) is 0 Å². The van der Waals surface area contributed by atoms with E-state index >= 15 is 0 Å². The summed E-state index contributed by atoms with van der Waals surface area (Å²) in [7, 11) is 3.08. The maximum Gasteiger partial charge on any atom is 0.322 e. The minimum absolute atomic E-state index is 0.162. The third kappa shape index (κ3) is 2.42. The molecular formula is C13H17NO3. The third-order valence-electron chi connectivity index (χ3n) is 3.15. The van der Waals surface area contributed by atoms with E-state index in [9.17, 15) is 4.79 Å². The molecule has 1 aromatic carbocycles. The van der Waals surface area contributed by atoms with Crippen LogP contribution in [0.5, 0.6) is 5.75 Å². The number of carbonyl (C=O) groups excluding carboxylic acids is 1. The van der Waals surface area contributed by atoms with E-state index in [1.165, 1.54) is 7.11 Å². The molecule has 1 N–H and O–H groups in total. The van der Waals surface area contributed by atoms with Crippen LogP contribution in [0.25, 0.3) is 0 Å². The predicted octanol–water partition coefficient (Wildman–Crippen LogP) is 1.66. The van der Waals surface area contributed by atoms with E-state index < -0.39 is 0 Å². The first-order valence-corrected chi connectivity index (χ1v) is 5.73. The second-order valence-electron chi connectivity index (χ2n) is 4.11. The van der Waals surface area contributed by atoms with Crippen molar-refractivity contribution in [3.05, 3.63) is 29.8 Å². The van der Waals surface area contributed by atoms with E-state index in [1.807, 2.05) is 24.3 Å². The van der Waals surface area contributed by atoms with Gasteiger partial charge in [-0.05, 0) is 18.9 Å². The van der Waals surface area contributed by atoms with E-state index in [-0.39, 0.29) is 18.1 Å². The Bertz CT molecular complexity index is 405. The quantitative estimate of drug-likeness (QED) is 0.809. The van der Waals surface area contributed by atoms with Crippen LogP contribution in [0.15, 0.2) is 24.3 Å². The maximum atomic E-state index is 11.4. The van der Waals surface area contributed by atoms with Crippen LogP contribution in [0.3, 0.4) is 0 Å². The van der Waals surface area contributed by atoms with E-state index in [1.54, 1.807) is 7.11 Å². The molecule has 0 radical (unpaired) electrons. The number of esters is 1. The number of nitrogens with one attached hydrogen (secondary N) is 1. The molecule has 0 spiro atoms. The maximum absolute atomic E-state index is 11.4. The van der Waals surface area contributed by atoms with Crippen molar-refractivity contribution in [2.75, 3.05) is 14.2 Å². The van der Waals surface area contributed by atoms with Crippen molar-refractivity contribution < 1.29 is 14.3 Å². The normalized spacial score (nSPS) is 23.4. The lowest BCUT2D eigenvalue weighted by atomic mass is 10.0. The number of methoxy groups -OCH3 is 2. The summed E-state index contributed by atoms with van der Waals surface area (Å²) < 4.78 is 10.1. The van der Waals surface area contributed by atoms with Gasteiger partial charge in [0, 0.05) is 11.6 Å². The second kappa shape index (κ2) is 5.19. The molecule has 1 saturated heterocycles. The van der Waals surface area contributed by atoms with Gasteiger partial charge in [-0.3, -0.25) is 10.1 Å². The lowest BCUT2D eigenvalue weighted by Crippen LogP contribution is -2.33. The molecule has 4 nitrogen and oxygen atoms in total. The molecule has 1 aliphatic rings. The molecule has 1 fully saturated rings. The first-order chi connectivity index (χ1) is 8.26. The fourth-order valence-corrected chi connectivity index (χ4v) is 2.27. The van der Waals surface area contributed by atoms with Crippen LogP contribution in [0, 0.1) is 0 Å². The van der Waals surface area contributed by atoms with Crippen molar-refractivity contribution >= 4 is 5.97 Å². The first-order valence-electron chi connectivity index (χ1n) is 5.73. The highest BCUT2D eigenvalue weighted by Gasteiger charge is 2.31. The number of ether oxygens (including phenoxy) is 2.